The molecule has 0 radical (unpaired) electrons. The second-order valence-corrected chi connectivity index (χ2v) is 10.2. The normalized spacial score (nSPS) is 11.5. The smallest absolute Gasteiger partial charge is 0.416 e. The molecule has 0 heterocycles. The topological polar surface area (TPSA) is 94.2 Å². The molecule has 3 aromatic carbocycles. The molecule has 0 spiro atoms. The molecule has 0 aliphatic heterocycles. The largest absolute Gasteiger partial charge is 0.496 e. The summed E-state index contributed by atoms with van der Waals surface area (Å²) < 4.78 is 83.8. The minimum absolute atomic E-state index is 0.100. The highest BCUT2D eigenvalue weighted by atomic mass is 32.2. The molecule has 12 heteroatoms. The van der Waals surface area contributed by atoms with E-state index in [1.165, 1.54) is 38.5 Å². The van der Waals surface area contributed by atoms with Crippen molar-refractivity contribution in [1.82, 2.24) is 5.32 Å². The zero-order chi connectivity index (χ0) is 28.6. The maximum absolute atomic E-state index is 13.6. The lowest BCUT2D eigenvalue weighted by molar-refractivity contribution is -0.137. The number of para-hydroxylation sites is 1. The lowest BCUT2D eigenvalue weighted by atomic mass is 10.1. The van der Waals surface area contributed by atoms with Gasteiger partial charge in [0.2, 0.25) is 5.91 Å². The van der Waals surface area contributed by atoms with Crippen LogP contribution in [0, 0.1) is 0 Å². The first-order chi connectivity index (χ1) is 18.5. The van der Waals surface area contributed by atoms with Gasteiger partial charge in [0.15, 0.2) is 11.5 Å². The van der Waals surface area contributed by atoms with Gasteiger partial charge in [0.25, 0.3) is 10.0 Å². The number of methoxy groups -OCH3 is 3. The average molecular weight is 567 g/mol. The number of anilines is 1. The Balaban J connectivity index is 1.85. The first-order valence-corrected chi connectivity index (χ1v) is 13.3. The van der Waals surface area contributed by atoms with Crippen molar-refractivity contribution in [1.29, 1.82) is 0 Å². The van der Waals surface area contributed by atoms with E-state index in [1.807, 2.05) is 24.3 Å². The van der Waals surface area contributed by atoms with E-state index < -0.39 is 34.2 Å². The van der Waals surface area contributed by atoms with Gasteiger partial charge in [-0.2, -0.15) is 13.2 Å². The van der Waals surface area contributed by atoms with Crippen LogP contribution in [-0.2, 0) is 27.4 Å². The van der Waals surface area contributed by atoms with Crippen molar-refractivity contribution in [3.05, 3.63) is 77.9 Å². The van der Waals surface area contributed by atoms with Crippen LogP contribution in [0.15, 0.2) is 71.6 Å². The Morgan fingerprint density at radius 3 is 2.23 bits per heavy atom. The molecule has 39 heavy (non-hydrogen) atoms. The molecular formula is C27H29F3N2O6S. The van der Waals surface area contributed by atoms with Crippen molar-refractivity contribution in [3.63, 3.8) is 0 Å². The zero-order valence-electron chi connectivity index (χ0n) is 21.6. The molecule has 0 fully saturated rings. The predicted molar refractivity (Wildman–Crippen MR) is 140 cm³/mol. The molecule has 1 N–H and O–H groups in total. The fourth-order valence-corrected chi connectivity index (χ4v) is 5.29. The maximum Gasteiger partial charge on any atom is 0.416 e. The number of amides is 1. The van der Waals surface area contributed by atoms with E-state index in [0.29, 0.717) is 29.0 Å². The number of hydrogen-bond donors (Lipinski definition) is 1. The van der Waals surface area contributed by atoms with Crippen LogP contribution in [-0.4, -0.2) is 48.7 Å². The van der Waals surface area contributed by atoms with Crippen molar-refractivity contribution in [3.8, 4) is 17.2 Å². The summed E-state index contributed by atoms with van der Waals surface area (Å²) in [7, 11) is -0.250. The molecule has 0 saturated carbocycles. The molecule has 0 aromatic heterocycles. The minimum atomic E-state index is -4.71. The molecule has 8 nitrogen and oxygen atoms in total. The Labute approximate surface area is 225 Å². The van der Waals surface area contributed by atoms with E-state index in [-0.39, 0.29) is 28.6 Å². The van der Waals surface area contributed by atoms with Gasteiger partial charge in [-0.05, 0) is 54.8 Å². The fourth-order valence-electron chi connectivity index (χ4n) is 3.86. The number of sulfonamides is 1. The van der Waals surface area contributed by atoms with Crippen molar-refractivity contribution >= 4 is 21.6 Å². The molecule has 0 atom stereocenters. The lowest BCUT2D eigenvalue weighted by Crippen LogP contribution is -2.41. The van der Waals surface area contributed by atoms with Gasteiger partial charge in [0, 0.05) is 12.6 Å². The zero-order valence-corrected chi connectivity index (χ0v) is 22.4. The number of rotatable bonds is 12. The number of ether oxygens (including phenoxy) is 3. The lowest BCUT2D eigenvalue weighted by Gasteiger charge is -2.25. The standard InChI is InChI=1S/C27H29F3N2O6S/c1-36-23-12-5-4-8-19(23)9-7-15-31-26(33)18-32(21-11-6-10-20(16-21)27(28,29)30)39(34,35)22-13-14-24(37-2)25(17-22)38-3/h4-6,8,10-14,16-17H,7,9,15,18H2,1-3H3,(H,31,33). The highest BCUT2D eigenvalue weighted by Crippen LogP contribution is 2.35. The van der Waals surface area contributed by atoms with Gasteiger partial charge in [0.1, 0.15) is 12.3 Å². The summed E-state index contributed by atoms with van der Waals surface area (Å²) in [5, 5.41) is 2.65. The van der Waals surface area contributed by atoms with Crippen LogP contribution >= 0.6 is 0 Å². The third-order valence-corrected chi connectivity index (χ3v) is 7.60. The molecule has 0 saturated heterocycles. The first kappa shape index (κ1) is 29.6. The SMILES string of the molecule is COc1ccccc1CCCNC(=O)CN(c1cccc(C(F)(F)F)c1)S(=O)(=O)c1ccc(OC)c(OC)c1. The van der Waals surface area contributed by atoms with E-state index in [9.17, 15) is 26.4 Å². The van der Waals surface area contributed by atoms with Crippen LogP contribution in [0.1, 0.15) is 17.5 Å². The molecule has 210 valence electrons. The number of halogens is 3. The highest BCUT2D eigenvalue weighted by molar-refractivity contribution is 7.92. The Morgan fingerprint density at radius 2 is 1.56 bits per heavy atom. The maximum atomic E-state index is 13.6. The number of alkyl halides is 3. The van der Waals surface area contributed by atoms with E-state index in [2.05, 4.69) is 5.32 Å². The predicted octanol–water partition coefficient (Wildman–Crippen LogP) is 4.68. The Bertz CT molecular complexity index is 1400. The van der Waals surface area contributed by atoms with Gasteiger partial charge in [-0.25, -0.2) is 8.42 Å². The number of nitrogens with one attached hydrogen (secondary N) is 1. The summed E-state index contributed by atoms with van der Waals surface area (Å²) in [4.78, 5) is 12.5. The Kier molecular flexibility index (Phi) is 9.68. The van der Waals surface area contributed by atoms with Crippen molar-refractivity contribution in [2.75, 3.05) is 38.7 Å². The second-order valence-electron chi connectivity index (χ2n) is 8.34. The molecule has 3 rings (SSSR count). The summed E-state index contributed by atoms with van der Waals surface area (Å²) in [6.45, 7) is -0.531. The van der Waals surface area contributed by atoms with Crippen molar-refractivity contribution < 1.29 is 40.6 Å². The van der Waals surface area contributed by atoms with Crippen LogP contribution in [0.25, 0.3) is 0 Å². The summed E-state index contributed by atoms with van der Waals surface area (Å²) in [5.41, 5.74) is -0.426. The van der Waals surface area contributed by atoms with E-state index >= 15 is 0 Å². The van der Waals surface area contributed by atoms with Gasteiger partial charge < -0.3 is 19.5 Å². The van der Waals surface area contributed by atoms with E-state index in [1.54, 1.807) is 7.11 Å². The number of hydrogen-bond acceptors (Lipinski definition) is 6. The molecule has 3 aromatic rings. The van der Waals surface area contributed by atoms with Crippen LogP contribution in [0.2, 0.25) is 0 Å². The van der Waals surface area contributed by atoms with Gasteiger partial charge in [-0.3, -0.25) is 9.10 Å². The Hall–Kier alpha value is -3.93. The van der Waals surface area contributed by atoms with Crippen LogP contribution in [0.3, 0.4) is 0 Å². The fraction of sp³-hybridized carbons (Fsp3) is 0.296. The first-order valence-electron chi connectivity index (χ1n) is 11.8. The number of nitrogens with zero attached hydrogens (tertiary/aromatic N) is 1. The summed E-state index contributed by atoms with van der Waals surface area (Å²) in [6.07, 6.45) is -3.60. The van der Waals surface area contributed by atoms with Gasteiger partial charge in [0.05, 0.1) is 37.5 Å². The third kappa shape index (κ3) is 7.34. The Morgan fingerprint density at radius 1 is 0.872 bits per heavy atom. The van der Waals surface area contributed by atoms with Crippen LogP contribution in [0.5, 0.6) is 17.2 Å². The van der Waals surface area contributed by atoms with Gasteiger partial charge in [-0.15, -0.1) is 0 Å². The molecule has 0 aliphatic carbocycles. The van der Waals surface area contributed by atoms with Crippen LogP contribution < -0.4 is 23.8 Å². The molecule has 1 amide bonds. The monoisotopic (exact) mass is 566 g/mol. The second kappa shape index (κ2) is 12.7. The minimum Gasteiger partial charge on any atom is -0.496 e. The molecule has 0 aliphatic rings. The number of aryl methyl sites for hydroxylation is 1. The van der Waals surface area contributed by atoms with Crippen molar-refractivity contribution in [2.24, 2.45) is 0 Å². The third-order valence-electron chi connectivity index (χ3n) is 5.83. The summed E-state index contributed by atoms with van der Waals surface area (Å²) in [6, 6.07) is 15.0. The number of carbonyl (C=O) groups is 1. The molecular weight excluding hydrogens is 537 g/mol. The van der Waals surface area contributed by atoms with Crippen LogP contribution in [0.4, 0.5) is 18.9 Å². The summed E-state index contributed by atoms with van der Waals surface area (Å²) in [5.74, 6) is 0.385. The van der Waals surface area contributed by atoms with Gasteiger partial charge >= 0.3 is 6.18 Å². The van der Waals surface area contributed by atoms with E-state index in [0.717, 1.165) is 17.7 Å². The number of benzene rings is 3. The average Bonchev–Trinajstić information content (AvgIpc) is 2.93. The molecule has 0 unspecified atom stereocenters. The number of carbonyl (C=O) groups excluding carboxylic acids is 1. The van der Waals surface area contributed by atoms with Crippen molar-refractivity contribution in [2.45, 2.75) is 23.9 Å². The quantitative estimate of drug-likeness (QED) is 0.320. The summed E-state index contributed by atoms with van der Waals surface area (Å²) >= 11 is 0. The van der Waals surface area contributed by atoms with E-state index in [4.69, 9.17) is 14.2 Å². The highest BCUT2D eigenvalue weighted by Gasteiger charge is 2.33. The van der Waals surface area contributed by atoms with Gasteiger partial charge in [-0.1, -0.05) is 24.3 Å². The molecule has 0 bridgehead atoms.